The zero-order valence-electron chi connectivity index (χ0n) is 16.8. The molecule has 6 heteroatoms. The quantitative estimate of drug-likeness (QED) is 0.573. The molecular formula is C24H24N6. The molecule has 0 bridgehead atoms. The topological polar surface area (TPSA) is 58.4 Å². The molecule has 2 saturated heterocycles. The highest BCUT2D eigenvalue weighted by Gasteiger charge is 2.35. The lowest BCUT2D eigenvalue weighted by Crippen LogP contribution is -2.40. The van der Waals surface area contributed by atoms with E-state index in [-0.39, 0.29) is 0 Å². The third kappa shape index (κ3) is 2.95. The van der Waals surface area contributed by atoms with Gasteiger partial charge >= 0.3 is 0 Å². The molecule has 2 aliphatic rings. The lowest BCUT2D eigenvalue weighted by Gasteiger charge is -2.24. The Labute approximate surface area is 175 Å². The number of pyridine rings is 1. The van der Waals surface area contributed by atoms with E-state index in [9.17, 15) is 0 Å². The standard InChI is InChI=1S/C24H24N6/c1-2-5-17(6-3-1)23-24(18-10-13-25-14-11-18)30-21(27-23)8-9-22(28-30)29-15-19-7-4-12-26-20(19)16-29/h1-3,5-6,8-11,13-14,19-20,26H,4,7,12,15-16H2/t19-,20+/m1/s1. The van der Waals surface area contributed by atoms with E-state index < -0.39 is 0 Å². The first kappa shape index (κ1) is 17.6. The van der Waals surface area contributed by atoms with Crippen molar-refractivity contribution in [1.82, 2.24) is 24.9 Å². The molecule has 0 saturated carbocycles. The molecule has 30 heavy (non-hydrogen) atoms. The molecule has 6 rings (SSSR count). The van der Waals surface area contributed by atoms with Crippen molar-refractivity contribution in [3.63, 3.8) is 0 Å². The van der Waals surface area contributed by atoms with Crippen LogP contribution < -0.4 is 10.2 Å². The number of piperidine rings is 1. The average Bonchev–Trinajstić information content (AvgIpc) is 3.41. The Bertz CT molecular complexity index is 1160. The summed E-state index contributed by atoms with van der Waals surface area (Å²) in [6.07, 6.45) is 6.23. The van der Waals surface area contributed by atoms with Crippen LogP contribution in [0.5, 0.6) is 0 Å². The van der Waals surface area contributed by atoms with Crippen molar-refractivity contribution in [2.24, 2.45) is 5.92 Å². The molecule has 0 radical (unpaired) electrons. The second-order valence-corrected chi connectivity index (χ2v) is 8.24. The van der Waals surface area contributed by atoms with Crippen LogP contribution in [0.25, 0.3) is 28.2 Å². The Morgan fingerprint density at radius 3 is 2.60 bits per heavy atom. The van der Waals surface area contributed by atoms with Crippen LogP contribution in [0, 0.1) is 5.92 Å². The van der Waals surface area contributed by atoms with Crippen LogP contribution in [0.4, 0.5) is 5.82 Å². The van der Waals surface area contributed by atoms with Gasteiger partial charge in [-0.15, -0.1) is 5.10 Å². The van der Waals surface area contributed by atoms with Gasteiger partial charge in [0.15, 0.2) is 5.65 Å². The lowest BCUT2D eigenvalue weighted by molar-refractivity contribution is 0.340. The number of nitrogens with zero attached hydrogens (tertiary/aromatic N) is 5. The summed E-state index contributed by atoms with van der Waals surface area (Å²) in [4.78, 5) is 11.6. The Morgan fingerprint density at radius 2 is 1.77 bits per heavy atom. The number of benzene rings is 1. The van der Waals surface area contributed by atoms with E-state index in [1.54, 1.807) is 0 Å². The second-order valence-electron chi connectivity index (χ2n) is 8.24. The van der Waals surface area contributed by atoms with E-state index in [1.807, 2.05) is 47.2 Å². The minimum absolute atomic E-state index is 0.582. The van der Waals surface area contributed by atoms with Gasteiger partial charge in [-0.3, -0.25) is 4.98 Å². The van der Waals surface area contributed by atoms with E-state index in [4.69, 9.17) is 10.1 Å². The van der Waals surface area contributed by atoms with Crippen molar-refractivity contribution in [3.05, 3.63) is 67.0 Å². The first-order chi connectivity index (χ1) is 14.9. The highest BCUT2D eigenvalue weighted by atomic mass is 15.3. The van der Waals surface area contributed by atoms with Gasteiger partial charge in [0.25, 0.3) is 0 Å². The number of fused-ring (bicyclic) bond motifs is 2. The summed E-state index contributed by atoms with van der Waals surface area (Å²) in [6, 6.07) is 19.2. The zero-order chi connectivity index (χ0) is 19.9. The number of aromatic nitrogens is 4. The fourth-order valence-corrected chi connectivity index (χ4v) is 4.89. The van der Waals surface area contributed by atoms with Gasteiger partial charge in [0.1, 0.15) is 11.5 Å². The van der Waals surface area contributed by atoms with E-state index in [0.717, 1.165) is 59.5 Å². The molecule has 0 aliphatic carbocycles. The summed E-state index contributed by atoms with van der Waals surface area (Å²) in [7, 11) is 0. The first-order valence-electron chi connectivity index (χ1n) is 10.7. The van der Waals surface area contributed by atoms with Crippen LogP contribution in [-0.4, -0.2) is 45.3 Å². The summed E-state index contributed by atoms with van der Waals surface area (Å²) in [6.45, 7) is 3.23. The molecule has 0 unspecified atom stereocenters. The van der Waals surface area contributed by atoms with Crippen molar-refractivity contribution in [2.45, 2.75) is 18.9 Å². The molecule has 2 atom stereocenters. The molecule has 5 heterocycles. The maximum atomic E-state index is 5.07. The van der Waals surface area contributed by atoms with Crippen molar-refractivity contribution in [2.75, 3.05) is 24.5 Å². The van der Waals surface area contributed by atoms with Gasteiger partial charge in [-0.05, 0) is 49.6 Å². The van der Waals surface area contributed by atoms with Crippen LogP contribution in [0.1, 0.15) is 12.8 Å². The summed E-state index contributed by atoms with van der Waals surface area (Å²) in [5, 5.41) is 8.75. The lowest BCUT2D eigenvalue weighted by atomic mass is 9.94. The maximum absolute atomic E-state index is 5.07. The Hall–Kier alpha value is -3.25. The molecule has 3 aromatic heterocycles. The minimum Gasteiger partial charge on any atom is -0.353 e. The first-order valence-corrected chi connectivity index (χ1v) is 10.7. The van der Waals surface area contributed by atoms with Crippen molar-refractivity contribution in [1.29, 1.82) is 0 Å². The largest absolute Gasteiger partial charge is 0.353 e. The highest BCUT2D eigenvalue weighted by molar-refractivity contribution is 5.81. The normalized spacial score (nSPS) is 21.1. The molecule has 0 spiro atoms. The van der Waals surface area contributed by atoms with E-state index >= 15 is 0 Å². The molecule has 6 nitrogen and oxygen atoms in total. The van der Waals surface area contributed by atoms with Gasteiger partial charge in [0, 0.05) is 42.7 Å². The fourth-order valence-electron chi connectivity index (χ4n) is 4.89. The van der Waals surface area contributed by atoms with Crippen molar-refractivity contribution < 1.29 is 0 Å². The molecule has 0 amide bonds. The predicted molar refractivity (Wildman–Crippen MR) is 118 cm³/mol. The van der Waals surface area contributed by atoms with Crippen LogP contribution in [0.2, 0.25) is 0 Å². The SMILES string of the molecule is c1ccc(-c2nc3ccc(N4C[C@H]5CCCN[C@H]5C4)nn3c2-c2ccncc2)cc1. The zero-order valence-corrected chi connectivity index (χ0v) is 16.8. The number of hydrogen-bond acceptors (Lipinski definition) is 5. The van der Waals surface area contributed by atoms with Gasteiger partial charge in [0.2, 0.25) is 0 Å². The summed E-state index contributed by atoms with van der Waals surface area (Å²) < 4.78 is 2.00. The Morgan fingerprint density at radius 1 is 0.900 bits per heavy atom. The van der Waals surface area contributed by atoms with Crippen LogP contribution in [-0.2, 0) is 0 Å². The number of anilines is 1. The van der Waals surface area contributed by atoms with Crippen molar-refractivity contribution >= 4 is 11.5 Å². The third-order valence-corrected chi connectivity index (χ3v) is 6.39. The molecule has 4 aromatic rings. The van der Waals surface area contributed by atoms with Gasteiger partial charge in [-0.1, -0.05) is 30.3 Å². The van der Waals surface area contributed by atoms with E-state index in [0.29, 0.717) is 6.04 Å². The number of imidazole rings is 1. The predicted octanol–water partition coefficient (Wildman–Crippen LogP) is 3.65. The maximum Gasteiger partial charge on any atom is 0.155 e. The van der Waals surface area contributed by atoms with Crippen molar-refractivity contribution in [3.8, 4) is 22.5 Å². The molecule has 2 fully saturated rings. The van der Waals surface area contributed by atoms with Gasteiger partial charge < -0.3 is 10.2 Å². The third-order valence-electron chi connectivity index (χ3n) is 6.39. The Kier molecular flexibility index (Phi) is 4.23. The summed E-state index contributed by atoms with van der Waals surface area (Å²) in [5.41, 5.74) is 4.98. The average molecular weight is 396 g/mol. The van der Waals surface area contributed by atoms with E-state index in [1.165, 1.54) is 12.8 Å². The smallest absolute Gasteiger partial charge is 0.155 e. The number of rotatable bonds is 3. The monoisotopic (exact) mass is 396 g/mol. The van der Waals surface area contributed by atoms with Gasteiger partial charge in [0.05, 0.1) is 5.69 Å². The van der Waals surface area contributed by atoms with Gasteiger partial charge in [-0.2, -0.15) is 0 Å². The minimum atomic E-state index is 0.582. The molecular weight excluding hydrogens is 372 g/mol. The molecule has 1 N–H and O–H groups in total. The number of hydrogen-bond donors (Lipinski definition) is 1. The second kappa shape index (κ2) is 7.22. The Balaban J connectivity index is 1.48. The van der Waals surface area contributed by atoms with Crippen LogP contribution >= 0.6 is 0 Å². The van der Waals surface area contributed by atoms with Gasteiger partial charge in [-0.25, -0.2) is 9.50 Å². The molecule has 1 aromatic carbocycles. The molecule has 150 valence electrons. The fraction of sp³-hybridized carbons (Fsp3) is 0.292. The summed E-state index contributed by atoms with van der Waals surface area (Å²) in [5.74, 6) is 1.74. The van der Waals surface area contributed by atoms with E-state index in [2.05, 4.69) is 39.5 Å². The van der Waals surface area contributed by atoms with Crippen LogP contribution in [0.15, 0.2) is 67.0 Å². The highest BCUT2D eigenvalue weighted by Crippen LogP contribution is 2.33. The van der Waals surface area contributed by atoms with Crippen LogP contribution in [0.3, 0.4) is 0 Å². The molecule has 2 aliphatic heterocycles. The number of nitrogens with one attached hydrogen (secondary N) is 1. The summed E-state index contributed by atoms with van der Waals surface area (Å²) >= 11 is 0.